The number of nitrogens with zero attached hydrogens (tertiary/aromatic N) is 4. The number of thioether (sulfide) groups is 2. The van der Waals surface area contributed by atoms with Crippen LogP contribution in [0.3, 0.4) is 0 Å². The third-order valence-electron chi connectivity index (χ3n) is 16.1. The standard InChI is InChI=1S/C77H64N4S4/c82-74(58-29-9-1-10-30-58,59-31-11-2-12-32-59)53-66-45-25-49-70(78-66)72-51-27-47-68(80-72)55-76(62-37-17-5-18-38-62,63-39-19-6-20-40-63)84-57-85-77(64-41-21-7-22-42-64,65-43-23-8-24-44-65)56-69-48-28-52-73(81-69)71-50-26-46-67(79-71)54-75(83,60-33-13-3-14-34-60)61-35-15-4-16-36-61/h1-52,82-83H,53-57H2. The molecule has 0 atom stereocenters. The summed E-state index contributed by atoms with van der Waals surface area (Å²) in [6, 6.07) is 111. The number of thiol groups is 2. The van der Waals surface area contributed by atoms with E-state index in [1.54, 1.807) is 0 Å². The summed E-state index contributed by atoms with van der Waals surface area (Å²) in [4.78, 5) is 21.7. The molecule has 4 nitrogen and oxygen atoms in total. The van der Waals surface area contributed by atoms with Gasteiger partial charge in [-0.15, -0.1) is 23.5 Å². The van der Waals surface area contributed by atoms with Crippen molar-refractivity contribution in [1.82, 2.24) is 19.9 Å². The molecule has 416 valence electrons. The third kappa shape index (κ3) is 12.8. The van der Waals surface area contributed by atoms with Crippen molar-refractivity contribution in [3.8, 4) is 22.8 Å². The van der Waals surface area contributed by atoms with E-state index in [4.69, 9.17) is 45.2 Å². The van der Waals surface area contributed by atoms with Crippen LogP contribution in [0.15, 0.2) is 315 Å². The van der Waals surface area contributed by atoms with Crippen LogP contribution >= 0.6 is 48.8 Å². The molecule has 0 saturated carbocycles. The maximum Gasteiger partial charge on any atom is 0.0889 e. The number of aromatic nitrogens is 4. The fourth-order valence-corrected chi connectivity index (χ4v) is 16.2. The van der Waals surface area contributed by atoms with E-state index in [2.05, 4.69) is 315 Å². The van der Waals surface area contributed by atoms with Gasteiger partial charge in [-0.2, -0.15) is 25.3 Å². The fraction of sp³-hybridized carbons (Fsp3) is 0.117. The minimum Gasteiger partial charge on any atom is -0.251 e. The van der Waals surface area contributed by atoms with E-state index in [9.17, 15) is 0 Å². The Morgan fingerprint density at radius 3 is 0.647 bits per heavy atom. The first kappa shape index (κ1) is 57.2. The average Bonchev–Trinajstić information content (AvgIpc) is 3.76. The molecule has 0 aliphatic carbocycles. The summed E-state index contributed by atoms with van der Waals surface area (Å²) in [5.74, 6) is 0. The van der Waals surface area contributed by atoms with Gasteiger partial charge in [0, 0.05) is 53.5 Å². The van der Waals surface area contributed by atoms with Gasteiger partial charge in [0.25, 0.3) is 0 Å². The van der Waals surface area contributed by atoms with Crippen LogP contribution in [0.2, 0.25) is 0 Å². The molecule has 8 aromatic carbocycles. The topological polar surface area (TPSA) is 51.6 Å². The first-order valence-corrected chi connectivity index (χ1v) is 31.7. The predicted octanol–water partition coefficient (Wildman–Crippen LogP) is 18.5. The highest BCUT2D eigenvalue weighted by atomic mass is 32.2. The van der Waals surface area contributed by atoms with E-state index in [1.807, 2.05) is 23.5 Å². The van der Waals surface area contributed by atoms with Gasteiger partial charge in [0.05, 0.1) is 41.8 Å². The molecule has 0 aliphatic rings. The van der Waals surface area contributed by atoms with Crippen molar-refractivity contribution in [2.45, 2.75) is 44.7 Å². The minimum absolute atomic E-state index is 0.549. The Kier molecular flexibility index (Phi) is 17.7. The summed E-state index contributed by atoms with van der Waals surface area (Å²) in [6.45, 7) is 0. The molecule has 85 heavy (non-hydrogen) atoms. The summed E-state index contributed by atoms with van der Waals surface area (Å²) >= 11 is 14.8. The maximum atomic E-state index is 5.51. The SMILES string of the molecule is SC(Cc1cccc(-c2cccc(CC(SCSC(Cc3cccc(-c4cccc(CC(S)(c5ccccc5)c5ccccc5)n4)n3)(c3ccccc3)c3ccccc3)(c3ccccc3)c3ccccc3)n2)n1)(c1ccccc1)c1ccccc1. The second-order valence-corrected chi connectivity index (χ2v) is 25.9. The molecular weight excluding hydrogens is 1110 g/mol. The number of rotatable bonds is 22. The summed E-state index contributed by atoms with van der Waals surface area (Å²) in [7, 11) is 0. The molecule has 0 N–H and O–H groups in total. The van der Waals surface area contributed by atoms with Gasteiger partial charge in [-0.05, 0) is 93.0 Å². The second kappa shape index (κ2) is 26.4. The average molecular weight is 1170 g/mol. The lowest BCUT2D eigenvalue weighted by molar-refractivity contribution is 0.714. The van der Waals surface area contributed by atoms with Crippen molar-refractivity contribution < 1.29 is 0 Å². The van der Waals surface area contributed by atoms with Gasteiger partial charge in [-0.3, -0.25) is 19.9 Å². The number of pyridine rings is 4. The normalized spacial score (nSPS) is 12.0. The molecule has 0 aliphatic heterocycles. The molecule has 4 heterocycles. The van der Waals surface area contributed by atoms with E-state index in [-0.39, 0.29) is 0 Å². The van der Waals surface area contributed by atoms with E-state index in [0.717, 1.165) is 72.9 Å². The molecular formula is C77H64N4S4. The Morgan fingerprint density at radius 1 is 0.224 bits per heavy atom. The monoisotopic (exact) mass is 1170 g/mol. The zero-order valence-corrected chi connectivity index (χ0v) is 50.5. The lowest BCUT2D eigenvalue weighted by atomic mass is 9.86. The molecule has 0 bridgehead atoms. The lowest BCUT2D eigenvalue weighted by Gasteiger charge is -2.38. The van der Waals surface area contributed by atoms with E-state index in [1.165, 1.54) is 22.3 Å². The van der Waals surface area contributed by atoms with Crippen molar-refractivity contribution in [2.24, 2.45) is 0 Å². The summed E-state index contributed by atoms with van der Waals surface area (Å²) in [6.07, 6.45) is 2.46. The first-order valence-electron chi connectivity index (χ1n) is 28.8. The van der Waals surface area contributed by atoms with Crippen LogP contribution in [0, 0.1) is 0 Å². The number of benzene rings is 8. The van der Waals surface area contributed by atoms with Gasteiger partial charge < -0.3 is 0 Å². The molecule has 0 spiro atoms. The maximum absolute atomic E-state index is 5.51. The van der Waals surface area contributed by atoms with Crippen LogP contribution in [0.25, 0.3) is 22.8 Å². The molecule has 0 unspecified atom stereocenters. The van der Waals surface area contributed by atoms with Gasteiger partial charge in [0.1, 0.15) is 0 Å². The van der Waals surface area contributed by atoms with E-state index >= 15 is 0 Å². The largest absolute Gasteiger partial charge is 0.251 e. The summed E-state index contributed by atoms with van der Waals surface area (Å²) in [5, 5.41) is 0.725. The molecule has 12 aromatic rings. The Labute approximate surface area is 520 Å². The van der Waals surface area contributed by atoms with Gasteiger partial charge in [-0.25, -0.2) is 0 Å². The molecule has 0 radical (unpaired) electrons. The van der Waals surface area contributed by atoms with Crippen LogP contribution < -0.4 is 0 Å². The van der Waals surface area contributed by atoms with Crippen LogP contribution in [-0.2, 0) is 44.7 Å². The van der Waals surface area contributed by atoms with Crippen LogP contribution in [0.4, 0.5) is 0 Å². The highest BCUT2D eigenvalue weighted by Crippen LogP contribution is 2.53. The molecule has 12 rings (SSSR count). The molecule has 0 saturated heterocycles. The predicted molar refractivity (Wildman–Crippen MR) is 362 cm³/mol. The molecule has 0 amide bonds. The Morgan fingerprint density at radius 2 is 0.424 bits per heavy atom. The van der Waals surface area contributed by atoms with Gasteiger partial charge in [0.2, 0.25) is 0 Å². The van der Waals surface area contributed by atoms with E-state index in [0.29, 0.717) is 25.7 Å². The Balaban J connectivity index is 0.880. The van der Waals surface area contributed by atoms with Gasteiger partial charge in [0.15, 0.2) is 0 Å². The highest BCUT2D eigenvalue weighted by molar-refractivity contribution is 8.17. The quantitative estimate of drug-likeness (QED) is 0.0521. The summed E-state index contributed by atoms with van der Waals surface area (Å²) < 4.78 is -2.29. The third-order valence-corrected chi connectivity index (χ3v) is 20.6. The Bertz CT molecular complexity index is 3640. The first-order chi connectivity index (χ1) is 41.8. The smallest absolute Gasteiger partial charge is 0.0889 e. The summed E-state index contributed by atoms with van der Waals surface area (Å²) in [5.41, 5.74) is 16.5. The van der Waals surface area contributed by atoms with Crippen molar-refractivity contribution in [1.29, 1.82) is 0 Å². The number of hydrogen-bond acceptors (Lipinski definition) is 8. The van der Waals surface area contributed by atoms with Crippen LogP contribution in [-0.4, -0.2) is 25.0 Å². The van der Waals surface area contributed by atoms with Gasteiger partial charge in [-0.1, -0.05) is 267 Å². The van der Waals surface area contributed by atoms with Crippen molar-refractivity contribution in [3.63, 3.8) is 0 Å². The molecule has 8 heteroatoms. The second-order valence-electron chi connectivity index (χ2n) is 21.5. The Hall–Kier alpha value is -8.24. The minimum atomic E-state index is -0.597. The molecule has 0 fully saturated rings. The van der Waals surface area contributed by atoms with Gasteiger partial charge >= 0.3 is 0 Å². The zero-order valence-electron chi connectivity index (χ0n) is 47.1. The van der Waals surface area contributed by atoms with Crippen LogP contribution in [0.5, 0.6) is 0 Å². The fourth-order valence-electron chi connectivity index (χ4n) is 11.8. The van der Waals surface area contributed by atoms with Crippen LogP contribution in [0.1, 0.15) is 67.3 Å². The number of hydrogen-bond donors (Lipinski definition) is 2. The molecule has 4 aromatic heterocycles. The van der Waals surface area contributed by atoms with Crippen molar-refractivity contribution >= 4 is 48.8 Å². The van der Waals surface area contributed by atoms with E-state index < -0.39 is 19.0 Å². The zero-order chi connectivity index (χ0) is 57.8. The highest BCUT2D eigenvalue weighted by Gasteiger charge is 2.41. The van der Waals surface area contributed by atoms with Crippen molar-refractivity contribution in [2.75, 3.05) is 5.08 Å². The lowest BCUT2D eigenvalue weighted by Crippen LogP contribution is -2.30. The van der Waals surface area contributed by atoms with Crippen molar-refractivity contribution in [3.05, 3.63) is 383 Å².